The third kappa shape index (κ3) is 4.26. The maximum atomic E-state index is 11.7. The van der Waals surface area contributed by atoms with Crippen LogP contribution in [0.15, 0.2) is 28.4 Å². The normalized spacial score (nSPS) is 11.6. The second kappa shape index (κ2) is 6.03. The topological polar surface area (TPSA) is 56.5 Å². The van der Waals surface area contributed by atoms with Gasteiger partial charge in [0.2, 0.25) is 0 Å². The Morgan fingerprint density at radius 2 is 2.18 bits per heavy atom. The maximum absolute atomic E-state index is 11.7. The van der Waals surface area contributed by atoms with Gasteiger partial charge in [0, 0.05) is 0 Å². The number of furan rings is 1. The van der Waals surface area contributed by atoms with E-state index in [4.69, 9.17) is 9.15 Å². The smallest absolute Gasteiger partial charge is 0.341 e. The van der Waals surface area contributed by atoms with Gasteiger partial charge < -0.3 is 9.15 Å². The Balaban J connectivity index is 2.79. The molecular formula is C13H16O4. The van der Waals surface area contributed by atoms with E-state index in [1.807, 2.05) is 13.8 Å². The van der Waals surface area contributed by atoms with E-state index >= 15 is 0 Å². The van der Waals surface area contributed by atoms with Gasteiger partial charge in [0.05, 0.1) is 12.9 Å². The number of carbonyl (C=O) groups is 2. The fourth-order valence-corrected chi connectivity index (χ4v) is 1.14. The van der Waals surface area contributed by atoms with Crippen LogP contribution in [0.3, 0.4) is 0 Å². The van der Waals surface area contributed by atoms with Gasteiger partial charge in [-0.2, -0.15) is 0 Å². The summed E-state index contributed by atoms with van der Waals surface area (Å²) in [6, 6.07) is 3.35. The second-order valence-corrected chi connectivity index (χ2v) is 4.12. The number of Topliss-reactive ketones (excluding diaryl/α,β-unsaturated/α-hetero) is 1. The predicted molar refractivity (Wildman–Crippen MR) is 63.2 cm³/mol. The van der Waals surface area contributed by atoms with Crippen molar-refractivity contribution in [3.05, 3.63) is 29.7 Å². The SMILES string of the molecule is CC(=O)/C(=C/c1ccco1)C(=O)OCC(C)C. The van der Waals surface area contributed by atoms with Crippen LogP contribution in [0.2, 0.25) is 0 Å². The molecule has 1 aromatic rings. The standard InChI is InChI=1S/C13H16O4/c1-9(2)8-17-13(15)12(10(3)14)7-11-5-4-6-16-11/h4-7,9H,8H2,1-3H3/b12-7-. The van der Waals surface area contributed by atoms with Crippen LogP contribution in [0.4, 0.5) is 0 Å². The van der Waals surface area contributed by atoms with Gasteiger partial charge in [0.15, 0.2) is 5.78 Å². The van der Waals surface area contributed by atoms with Gasteiger partial charge in [-0.15, -0.1) is 0 Å². The van der Waals surface area contributed by atoms with Crippen LogP contribution in [0.1, 0.15) is 26.5 Å². The summed E-state index contributed by atoms with van der Waals surface area (Å²) in [4.78, 5) is 23.0. The average molecular weight is 236 g/mol. The number of hydrogen-bond donors (Lipinski definition) is 0. The van der Waals surface area contributed by atoms with Gasteiger partial charge >= 0.3 is 5.97 Å². The summed E-state index contributed by atoms with van der Waals surface area (Å²) < 4.78 is 10.1. The number of rotatable bonds is 5. The van der Waals surface area contributed by atoms with E-state index in [9.17, 15) is 9.59 Å². The monoisotopic (exact) mass is 236 g/mol. The quantitative estimate of drug-likeness (QED) is 0.341. The Bertz CT molecular complexity index is 413. The lowest BCUT2D eigenvalue weighted by molar-refractivity contribution is -0.141. The molecule has 0 amide bonds. The van der Waals surface area contributed by atoms with Crippen molar-refractivity contribution in [2.24, 2.45) is 5.92 Å². The van der Waals surface area contributed by atoms with Crippen LogP contribution in [-0.4, -0.2) is 18.4 Å². The third-order valence-electron chi connectivity index (χ3n) is 1.98. The molecule has 1 rings (SSSR count). The predicted octanol–water partition coefficient (Wildman–Crippen LogP) is 2.45. The highest BCUT2D eigenvalue weighted by molar-refractivity contribution is 6.19. The molecule has 4 heteroatoms. The lowest BCUT2D eigenvalue weighted by atomic mass is 10.1. The molecule has 0 fully saturated rings. The van der Waals surface area contributed by atoms with Crippen LogP contribution < -0.4 is 0 Å². The Morgan fingerprint density at radius 1 is 1.47 bits per heavy atom. The van der Waals surface area contributed by atoms with Crippen molar-refractivity contribution in [2.45, 2.75) is 20.8 Å². The molecule has 0 aromatic carbocycles. The van der Waals surface area contributed by atoms with Crippen molar-refractivity contribution in [1.82, 2.24) is 0 Å². The van der Waals surface area contributed by atoms with E-state index in [0.717, 1.165) is 0 Å². The zero-order chi connectivity index (χ0) is 12.8. The molecule has 17 heavy (non-hydrogen) atoms. The van der Waals surface area contributed by atoms with Crippen molar-refractivity contribution in [3.8, 4) is 0 Å². The van der Waals surface area contributed by atoms with Crippen LogP contribution in [-0.2, 0) is 14.3 Å². The van der Waals surface area contributed by atoms with Crippen molar-refractivity contribution >= 4 is 17.8 Å². The zero-order valence-corrected chi connectivity index (χ0v) is 10.2. The molecule has 0 N–H and O–H groups in total. The second-order valence-electron chi connectivity index (χ2n) is 4.12. The Hall–Kier alpha value is -1.84. The Kier molecular flexibility index (Phi) is 4.69. The van der Waals surface area contributed by atoms with Crippen LogP contribution in [0.5, 0.6) is 0 Å². The van der Waals surface area contributed by atoms with Gasteiger partial charge in [-0.25, -0.2) is 4.79 Å². The summed E-state index contributed by atoms with van der Waals surface area (Å²) in [6.07, 6.45) is 2.87. The van der Waals surface area contributed by atoms with E-state index in [1.165, 1.54) is 19.3 Å². The molecular weight excluding hydrogens is 220 g/mol. The van der Waals surface area contributed by atoms with Gasteiger partial charge in [0.1, 0.15) is 11.3 Å². The summed E-state index contributed by atoms with van der Waals surface area (Å²) >= 11 is 0. The minimum atomic E-state index is -0.609. The Morgan fingerprint density at radius 3 is 2.65 bits per heavy atom. The summed E-state index contributed by atoms with van der Waals surface area (Å²) in [5, 5.41) is 0. The molecule has 0 aliphatic heterocycles. The Labute approximate surface area is 100 Å². The van der Waals surface area contributed by atoms with Gasteiger partial charge in [0.25, 0.3) is 0 Å². The number of ketones is 1. The van der Waals surface area contributed by atoms with E-state index in [2.05, 4.69) is 0 Å². The highest BCUT2D eigenvalue weighted by Gasteiger charge is 2.17. The summed E-state index contributed by atoms with van der Waals surface area (Å²) in [7, 11) is 0. The lowest BCUT2D eigenvalue weighted by Crippen LogP contribution is -2.16. The van der Waals surface area contributed by atoms with Crippen molar-refractivity contribution in [3.63, 3.8) is 0 Å². The minimum Gasteiger partial charge on any atom is -0.465 e. The molecule has 0 saturated carbocycles. The lowest BCUT2D eigenvalue weighted by Gasteiger charge is -2.07. The molecule has 0 atom stereocenters. The number of carbonyl (C=O) groups excluding carboxylic acids is 2. The minimum absolute atomic E-state index is 0.000556. The zero-order valence-electron chi connectivity index (χ0n) is 10.2. The third-order valence-corrected chi connectivity index (χ3v) is 1.98. The molecule has 0 aliphatic rings. The molecule has 0 bridgehead atoms. The van der Waals surface area contributed by atoms with E-state index in [1.54, 1.807) is 12.1 Å². The molecule has 1 heterocycles. The molecule has 0 radical (unpaired) electrons. The van der Waals surface area contributed by atoms with Crippen molar-refractivity contribution in [1.29, 1.82) is 0 Å². The largest absolute Gasteiger partial charge is 0.465 e. The molecule has 0 unspecified atom stereocenters. The fourth-order valence-electron chi connectivity index (χ4n) is 1.14. The molecule has 0 aliphatic carbocycles. The number of ether oxygens (including phenoxy) is 1. The first kappa shape index (κ1) is 13.2. The van der Waals surface area contributed by atoms with Crippen LogP contribution in [0.25, 0.3) is 6.08 Å². The summed E-state index contributed by atoms with van der Waals surface area (Å²) in [5.41, 5.74) is 0.000556. The van der Waals surface area contributed by atoms with E-state index in [-0.39, 0.29) is 17.3 Å². The number of hydrogen-bond acceptors (Lipinski definition) is 4. The van der Waals surface area contributed by atoms with Crippen molar-refractivity contribution < 1.29 is 18.7 Å². The first-order valence-corrected chi connectivity index (χ1v) is 5.44. The molecule has 0 spiro atoms. The molecule has 0 saturated heterocycles. The molecule has 4 nitrogen and oxygen atoms in total. The first-order valence-electron chi connectivity index (χ1n) is 5.44. The summed E-state index contributed by atoms with van der Waals surface area (Å²) in [6.45, 7) is 5.47. The fraction of sp³-hybridized carbons (Fsp3) is 0.385. The first-order chi connectivity index (χ1) is 8.00. The van der Waals surface area contributed by atoms with Gasteiger partial charge in [-0.1, -0.05) is 13.8 Å². The van der Waals surface area contributed by atoms with E-state index in [0.29, 0.717) is 12.4 Å². The van der Waals surface area contributed by atoms with E-state index < -0.39 is 5.97 Å². The molecule has 92 valence electrons. The van der Waals surface area contributed by atoms with Crippen LogP contribution >= 0.6 is 0 Å². The average Bonchev–Trinajstić information content (AvgIpc) is 2.74. The highest BCUT2D eigenvalue weighted by atomic mass is 16.5. The van der Waals surface area contributed by atoms with Crippen molar-refractivity contribution in [2.75, 3.05) is 6.61 Å². The number of esters is 1. The van der Waals surface area contributed by atoms with Gasteiger partial charge in [-0.05, 0) is 31.1 Å². The van der Waals surface area contributed by atoms with Gasteiger partial charge in [-0.3, -0.25) is 4.79 Å². The highest BCUT2D eigenvalue weighted by Crippen LogP contribution is 2.10. The maximum Gasteiger partial charge on any atom is 0.341 e. The molecule has 1 aromatic heterocycles. The summed E-state index contributed by atoms with van der Waals surface area (Å²) in [5.74, 6) is -0.259. The van der Waals surface area contributed by atoms with Crippen LogP contribution in [0, 0.1) is 5.92 Å².